The molecule has 15 nitrogen and oxygen atoms in total. The smallest absolute Gasteiger partial charge is 0.407 e. The minimum Gasteiger partial charge on any atom is -0.456 e. The van der Waals surface area contributed by atoms with Crippen LogP contribution in [0.2, 0.25) is 0 Å². The van der Waals surface area contributed by atoms with Crippen molar-refractivity contribution >= 4 is 46.6 Å². The van der Waals surface area contributed by atoms with Crippen molar-refractivity contribution in [1.29, 1.82) is 0 Å². The van der Waals surface area contributed by atoms with Gasteiger partial charge in [0.15, 0.2) is 0 Å². The van der Waals surface area contributed by atoms with Crippen LogP contribution in [0.25, 0.3) is 33.6 Å². The molecule has 0 spiro atoms. The van der Waals surface area contributed by atoms with Gasteiger partial charge in [-0.1, -0.05) is 60.7 Å². The van der Waals surface area contributed by atoms with Gasteiger partial charge in [0.25, 0.3) is 11.8 Å². The molecule has 8 rings (SSSR count). The molecule has 0 bridgehead atoms. The number of hydrogen-bond acceptors (Lipinski definition) is 9. The summed E-state index contributed by atoms with van der Waals surface area (Å²) in [5.74, 6) is 0.352. The predicted molar refractivity (Wildman–Crippen MR) is 226 cm³/mol. The second kappa shape index (κ2) is 17.8. The van der Waals surface area contributed by atoms with E-state index in [9.17, 15) is 24.0 Å². The molecule has 0 radical (unpaired) electrons. The van der Waals surface area contributed by atoms with E-state index in [1.807, 2.05) is 60.7 Å². The fourth-order valence-electron chi connectivity index (χ4n) is 8.12. The van der Waals surface area contributed by atoms with Crippen molar-refractivity contribution < 1.29 is 37.9 Å². The molecule has 61 heavy (non-hydrogen) atoms. The van der Waals surface area contributed by atoms with Crippen LogP contribution in [-0.2, 0) is 23.9 Å². The number of anilines is 1. The first-order valence-electron chi connectivity index (χ1n) is 20.1. The number of carbonyl (C=O) groups is 5. The van der Waals surface area contributed by atoms with Crippen molar-refractivity contribution in [2.45, 2.75) is 49.9 Å². The number of aromatic nitrogens is 2. The lowest BCUT2D eigenvalue weighted by atomic mass is 10.0. The summed E-state index contributed by atoms with van der Waals surface area (Å²) in [5.41, 5.74) is 4.97. The standard InChI is InChI=1S/C46H45N7O8/c1-59-45(57)50-39(29-11-5-3-6-12-29)43(55)52-23-9-15-35(52)41-47-27-34(49-41)31-19-22-37-32(25-31)26-38(61-37)28-17-20-33(21-18-28)48-42(54)36-16-10-24-53(36)44(56)40(51-46(58)60-2)30-13-7-4-8-14-30/h3-8,11-14,17-22,25-27,35-36,39-40H,9-10,15-16,23-24H2,1-2H3,(H,47,49)(H,48,54)(H,50,57)(H,51,58)/t35-,36-,39+,40+/m0/s1. The van der Waals surface area contributed by atoms with Gasteiger partial charge in [-0.2, -0.15) is 0 Å². The zero-order valence-corrected chi connectivity index (χ0v) is 33.6. The average Bonchev–Trinajstić information content (AvgIpc) is 4.14. The molecule has 0 unspecified atom stereocenters. The number of imidazole rings is 1. The maximum Gasteiger partial charge on any atom is 0.407 e. The molecule has 4 atom stereocenters. The Morgan fingerprint density at radius 3 is 1.95 bits per heavy atom. The Morgan fingerprint density at radius 1 is 0.721 bits per heavy atom. The topological polar surface area (TPSA) is 188 Å². The summed E-state index contributed by atoms with van der Waals surface area (Å²) in [5, 5.41) is 9.15. The fraction of sp³-hybridized carbons (Fsp3) is 0.261. The average molecular weight is 824 g/mol. The van der Waals surface area contributed by atoms with Crippen LogP contribution in [-0.4, -0.2) is 83.0 Å². The molecule has 4 heterocycles. The van der Waals surface area contributed by atoms with Crippen molar-refractivity contribution in [1.82, 2.24) is 30.4 Å². The molecule has 0 aliphatic carbocycles. The fourth-order valence-corrected chi connectivity index (χ4v) is 8.12. The molecule has 2 aromatic heterocycles. The maximum absolute atomic E-state index is 13.9. The van der Waals surface area contributed by atoms with Crippen molar-refractivity contribution in [2.24, 2.45) is 0 Å². The Kier molecular flexibility index (Phi) is 11.8. The first kappa shape index (κ1) is 40.4. The molecular formula is C46H45N7O8. The number of ether oxygens (including phenoxy) is 2. The number of furan rings is 1. The summed E-state index contributed by atoms with van der Waals surface area (Å²) in [6.45, 7) is 0.904. The molecule has 2 aliphatic heterocycles. The molecule has 15 heteroatoms. The Bertz CT molecular complexity index is 2540. The number of nitrogens with one attached hydrogen (secondary N) is 4. The highest BCUT2D eigenvalue weighted by Crippen LogP contribution is 2.36. The zero-order valence-electron chi connectivity index (χ0n) is 33.6. The number of H-pyrrole nitrogens is 1. The highest BCUT2D eigenvalue weighted by Gasteiger charge is 2.39. The van der Waals surface area contributed by atoms with Gasteiger partial charge in [0.2, 0.25) is 5.91 Å². The first-order valence-corrected chi connectivity index (χ1v) is 20.1. The Morgan fingerprint density at radius 2 is 1.31 bits per heavy atom. The van der Waals surface area contributed by atoms with Crippen molar-refractivity contribution in [3.05, 3.63) is 132 Å². The van der Waals surface area contributed by atoms with Crippen LogP contribution >= 0.6 is 0 Å². The Hall–Kier alpha value is -7.42. The van der Waals surface area contributed by atoms with E-state index < -0.39 is 30.3 Å². The van der Waals surface area contributed by atoms with Crippen LogP contribution in [0.15, 0.2) is 120 Å². The molecular weight excluding hydrogens is 779 g/mol. The number of methoxy groups -OCH3 is 2. The highest BCUT2D eigenvalue weighted by atomic mass is 16.5. The van der Waals surface area contributed by atoms with Crippen LogP contribution in [0.4, 0.5) is 15.3 Å². The minimum atomic E-state index is -1.00. The molecule has 2 aliphatic rings. The van der Waals surface area contributed by atoms with Crippen LogP contribution in [0, 0.1) is 0 Å². The number of fused-ring (bicyclic) bond motifs is 1. The lowest BCUT2D eigenvalue weighted by Crippen LogP contribution is -2.48. The SMILES string of the molecule is COC(=O)N[C@@H](C(=O)N1CCC[C@H]1C(=O)Nc1ccc(-c2cc3cc(-c4cnc([C@@H]5CCCN5C(=O)[C@H](NC(=O)OC)c5ccccc5)[nH]4)ccc3o2)cc1)c1ccccc1. The number of amides is 5. The van der Waals surface area contributed by atoms with E-state index in [1.54, 1.807) is 59.6 Å². The summed E-state index contributed by atoms with van der Waals surface area (Å²) in [6, 6.07) is 30.1. The molecule has 0 saturated carbocycles. The van der Waals surface area contributed by atoms with E-state index >= 15 is 0 Å². The predicted octanol–water partition coefficient (Wildman–Crippen LogP) is 7.28. The molecule has 2 fully saturated rings. The molecule has 4 aromatic carbocycles. The lowest BCUT2D eigenvalue weighted by molar-refractivity contribution is -0.138. The van der Waals surface area contributed by atoms with E-state index in [0.29, 0.717) is 59.9 Å². The van der Waals surface area contributed by atoms with Crippen molar-refractivity contribution in [3.8, 4) is 22.6 Å². The van der Waals surface area contributed by atoms with E-state index in [2.05, 4.69) is 20.9 Å². The number of benzene rings is 4. The quantitative estimate of drug-likeness (QED) is 0.104. The van der Waals surface area contributed by atoms with Crippen LogP contribution < -0.4 is 16.0 Å². The van der Waals surface area contributed by atoms with E-state index in [1.165, 1.54) is 19.1 Å². The lowest BCUT2D eigenvalue weighted by Gasteiger charge is -2.28. The van der Waals surface area contributed by atoms with Gasteiger partial charge in [0, 0.05) is 35.3 Å². The van der Waals surface area contributed by atoms with Crippen LogP contribution in [0.5, 0.6) is 0 Å². The summed E-state index contributed by atoms with van der Waals surface area (Å²) in [7, 11) is 2.50. The van der Waals surface area contributed by atoms with Gasteiger partial charge in [0.1, 0.15) is 35.3 Å². The summed E-state index contributed by atoms with van der Waals surface area (Å²) >= 11 is 0. The molecule has 312 valence electrons. The molecule has 4 N–H and O–H groups in total. The number of carbonyl (C=O) groups excluding carboxylic acids is 5. The second-order valence-corrected chi connectivity index (χ2v) is 15.0. The maximum atomic E-state index is 13.9. The molecule has 6 aromatic rings. The normalized spacial score (nSPS) is 17.1. The minimum absolute atomic E-state index is 0.240. The monoisotopic (exact) mass is 823 g/mol. The highest BCUT2D eigenvalue weighted by molar-refractivity contribution is 5.99. The largest absolute Gasteiger partial charge is 0.456 e. The summed E-state index contributed by atoms with van der Waals surface area (Å²) < 4.78 is 15.8. The van der Waals surface area contributed by atoms with Gasteiger partial charge in [-0.3, -0.25) is 14.4 Å². The van der Waals surface area contributed by atoms with E-state index in [-0.39, 0.29) is 23.8 Å². The third kappa shape index (κ3) is 8.67. The van der Waals surface area contributed by atoms with E-state index in [0.717, 1.165) is 35.0 Å². The summed E-state index contributed by atoms with van der Waals surface area (Å²) in [6.07, 6.45) is 2.96. The van der Waals surface area contributed by atoms with Crippen LogP contribution in [0.3, 0.4) is 0 Å². The molecule has 5 amide bonds. The van der Waals surface area contributed by atoms with Gasteiger partial charge >= 0.3 is 12.2 Å². The van der Waals surface area contributed by atoms with Crippen molar-refractivity contribution in [2.75, 3.05) is 32.6 Å². The number of likely N-dealkylation sites (tertiary alicyclic amines) is 2. The van der Waals surface area contributed by atoms with Gasteiger partial charge in [-0.25, -0.2) is 14.6 Å². The Labute approximate surface area is 351 Å². The van der Waals surface area contributed by atoms with Crippen LogP contribution in [0.1, 0.15) is 60.8 Å². The van der Waals surface area contributed by atoms with Gasteiger partial charge in [-0.05, 0) is 85.3 Å². The van der Waals surface area contributed by atoms with Gasteiger partial charge in [-0.15, -0.1) is 0 Å². The van der Waals surface area contributed by atoms with Gasteiger partial charge < -0.3 is 44.6 Å². The van der Waals surface area contributed by atoms with Gasteiger partial charge in [0.05, 0.1) is 32.2 Å². The number of hydrogen-bond donors (Lipinski definition) is 4. The second-order valence-electron chi connectivity index (χ2n) is 15.0. The molecule has 2 saturated heterocycles. The first-order chi connectivity index (χ1) is 29.7. The van der Waals surface area contributed by atoms with Crippen molar-refractivity contribution in [3.63, 3.8) is 0 Å². The number of alkyl carbamates (subject to hydrolysis) is 2. The Balaban J connectivity index is 0.933. The third-order valence-corrected chi connectivity index (χ3v) is 11.2. The zero-order chi connectivity index (χ0) is 42.5. The number of rotatable bonds is 11. The van der Waals surface area contributed by atoms with E-state index in [4.69, 9.17) is 18.9 Å². The third-order valence-electron chi connectivity index (χ3n) is 11.2. The summed E-state index contributed by atoms with van der Waals surface area (Å²) in [4.78, 5) is 77.1. The number of aromatic amines is 1. The number of nitrogens with zero attached hydrogens (tertiary/aromatic N) is 3.